The molecule has 3 rings (SSSR count). The van der Waals surface area contributed by atoms with Crippen LogP contribution in [0.2, 0.25) is 0 Å². The molecule has 1 spiro atoms. The van der Waals surface area contributed by atoms with Gasteiger partial charge >= 0.3 is 6.03 Å². The van der Waals surface area contributed by atoms with E-state index >= 15 is 0 Å². The average Bonchev–Trinajstić information content (AvgIpc) is 2.96. The van der Waals surface area contributed by atoms with Crippen LogP contribution in [-0.4, -0.2) is 18.0 Å². The molecule has 1 aromatic rings. The molecular formula is C12H14N2O. The number of nitrogens with one attached hydrogen (secondary N) is 1. The van der Waals surface area contributed by atoms with Crippen LogP contribution < -0.4 is 5.32 Å². The minimum absolute atomic E-state index is 0.00532. The zero-order valence-corrected chi connectivity index (χ0v) is 9.00. The fourth-order valence-electron chi connectivity index (χ4n) is 2.46. The van der Waals surface area contributed by atoms with Crippen LogP contribution in [0.3, 0.4) is 0 Å². The number of hydrogen-bond acceptors (Lipinski definition) is 1. The van der Waals surface area contributed by atoms with Gasteiger partial charge in [0.05, 0.1) is 5.54 Å². The molecule has 3 heteroatoms. The molecule has 1 aromatic carbocycles. The van der Waals surface area contributed by atoms with E-state index in [1.54, 1.807) is 0 Å². The molecule has 1 saturated carbocycles. The van der Waals surface area contributed by atoms with Gasteiger partial charge in [-0.1, -0.05) is 12.1 Å². The van der Waals surface area contributed by atoms with Gasteiger partial charge in [-0.15, -0.1) is 0 Å². The normalized spacial score (nSPS) is 21.2. The van der Waals surface area contributed by atoms with Crippen LogP contribution >= 0.6 is 0 Å². The summed E-state index contributed by atoms with van der Waals surface area (Å²) in [5.74, 6) is 0. The van der Waals surface area contributed by atoms with Gasteiger partial charge < -0.3 is 10.2 Å². The molecule has 78 valence electrons. The smallest absolute Gasteiger partial charge is 0.318 e. The second kappa shape index (κ2) is 2.54. The first-order valence-corrected chi connectivity index (χ1v) is 5.29. The number of fused-ring (bicyclic) bond motifs is 2. The van der Waals surface area contributed by atoms with Gasteiger partial charge in [-0.3, -0.25) is 0 Å². The molecule has 3 nitrogen and oxygen atoms in total. The predicted octanol–water partition coefficient (Wildman–Crippen LogP) is 2.46. The van der Waals surface area contributed by atoms with Gasteiger partial charge in [-0.25, -0.2) is 4.79 Å². The Morgan fingerprint density at radius 3 is 2.80 bits per heavy atom. The number of nitrogens with zero attached hydrogens (tertiary/aromatic N) is 1. The first kappa shape index (κ1) is 8.77. The van der Waals surface area contributed by atoms with Crippen molar-refractivity contribution in [1.29, 1.82) is 0 Å². The molecule has 0 saturated heterocycles. The number of amides is 2. The number of anilines is 1. The molecule has 1 fully saturated rings. The highest BCUT2D eigenvalue weighted by Crippen LogP contribution is 2.54. The third-order valence-electron chi connectivity index (χ3n) is 3.59. The highest BCUT2D eigenvalue weighted by Gasteiger charge is 2.53. The highest BCUT2D eigenvalue weighted by molar-refractivity contribution is 5.94. The number of urea groups is 1. The maximum absolute atomic E-state index is 11.7. The SMILES string of the molecule is Cc1ccc2c(c1)NC(=O)N(C)C21CC1. The molecule has 2 aliphatic rings. The van der Waals surface area contributed by atoms with Gasteiger partial charge in [0.15, 0.2) is 0 Å². The van der Waals surface area contributed by atoms with Crippen molar-refractivity contribution < 1.29 is 4.79 Å². The second-order valence-electron chi connectivity index (χ2n) is 4.57. The molecule has 0 atom stereocenters. The van der Waals surface area contributed by atoms with E-state index in [1.807, 2.05) is 18.9 Å². The molecule has 1 aliphatic carbocycles. The van der Waals surface area contributed by atoms with Gasteiger partial charge in [0.1, 0.15) is 0 Å². The lowest BCUT2D eigenvalue weighted by Gasteiger charge is -2.35. The van der Waals surface area contributed by atoms with E-state index in [9.17, 15) is 4.79 Å². The van der Waals surface area contributed by atoms with E-state index < -0.39 is 0 Å². The van der Waals surface area contributed by atoms with Crippen molar-refractivity contribution in [2.45, 2.75) is 25.3 Å². The van der Waals surface area contributed by atoms with E-state index in [1.165, 1.54) is 11.1 Å². The maximum Gasteiger partial charge on any atom is 0.322 e. The summed E-state index contributed by atoms with van der Waals surface area (Å²) >= 11 is 0. The third-order valence-corrected chi connectivity index (χ3v) is 3.59. The van der Waals surface area contributed by atoms with Gasteiger partial charge in [-0.2, -0.15) is 0 Å². The molecular weight excluding hydrogens is 188 g/mol. The summed E-state index contributed by atoms with van der Waals surface area (Å²) in [6.07, 6.45) is 2.18. The molecule has 0 unspecified atom stereocenters. The van der Waals surface area contributed by atoms with Crippen LogP contribution in [0.1, 0.15) is 24.0 Å². The Balaban J connectivity index is 2.18. The Morgan fingerprint density at radius 1 is 1.40 bits per heavy atom. The van der Waals surface area contributed by atoms with Crippen molar-refractivity contribution in [1.82, 2.24) is 4.90 Å². The van der Waals surface area contributed by atoms with Crippen LogP contribution in [-0.2, 0) is 5.54 Å². The lowest BCUT2D eigenvalue weighted by molar-refractivity contribution is 0.193. The van der Waals surface area contributed by atoms with Crippen molar-refractivity contribution in [3.8, 4) is 0 Å². The van der Waals surface area contributed by atoms with Crippen LogP contribution in [0, 0.1) is 6.92 Å². The van der Waals surface area contributed by atoms with Crippen molar-refractivity contribution in [2.75, 3.05) is 12.4 Å². The summed E-state index contributed by atoms with van der Waals surface area (Å²) in [6, 6.07) is 6.34. The zero-order chi connectivity index (χ0) is 10.6. The molecule has 0 aromatic heterocycles. The minimum Gasteiger partial charge on any atom is -0.318 e. The first-order chi connectivity index (χ1) is 7.13. The summed E-state index contributed by atoms with van der Waals surface area (Å²) in [4.78, 5) is 13.6. The standard InChI is InChI=1S/C12H14N2O/c1-8-3-4-9-10(7-8)13-11(15)14(2)12(9)5-6-12/h3-4,7H,5-6H2,1-2H3,(H,13,15). The van der Waals surface area contributed by atoms with Crippen LogP contribution in [0.5, 0.6) is 0 Å². The van der Waals surface area contributed by atoms with E-state index in [4.69, 9.17) is 0 Å². The monoisotopic (exact) mass is 202 g/mol. The quantitative estimate of drug-likeness (QED) is 0.688. The number of aryl methyl sites for hydroxylation is 1. The number of hydrogen-bond donors (Lipinski definition) is 1. The fraction of sp³-hybridized carbons (Fsp3) is 0.417. The Labute approximate surface area is 89.1 Å². The van der Waals surface area contributed by atoms with E-state index in [0.717, 1.165) is 18.5 Å². The van der Waals surface area contributed by atoms with E-state index in [-0.39, 0.29) is 11.6 Å². The molecule has 0 bridgehead atoms. The zero-order valence-electron chi connectivity index (χ0n) is 9.00. The van der Waals surface area contributed by atoms with E-state index in [2.05, 4.69) is 23.5 Å². The number of benzene rings is 1. The largest absolute Gasteiger partial charge is 0.322 e. The molecule has 2 amide bonds. The van der Waals surface area contributed by atoms with Crippen molar-refractivity contribution in [2.24, 2.45) is 0 Å². The Kier molecular flexibility index (Phi) is 1.48. The van der Waals surface area contributed by atoms with Crippen molar-refractivity contribution >= 4 is 11.7 Å². The summed E-state index contributed by atoms with van der Waals surface area (Å²) in [5.41, 5.74) is 3.46. The van der Waals surface area contributed by atoms with Gasteiger partial charge in [-0.05, 0) is 31.4 Å². The first-order valence-electron chi connectivity index (χ1n) is 5.29. The van der Waals surface area contributed by atoms with Crippen LogP contribution in [0.4, 0.5) is 10.5 Å². The fourth-order valence-corrected chi connectivity index (χ4v) is 2.46. The predicted molar refractivity (Wildman–Crippen MR) is 58.9 cm³/mol. The van der Waals surface area contributed by atoms with Crippen molar-refractivity contribution in [3.63, 3.8) is 0 Å². The Bertz CT molecular complexity index is 449. The van der Waals surface area contributed by atoms with E-state index in [0.29, 0.717) is 0 Å². The average molecular weight is 202 g/mol. The molecule has 1 aliphatic heterocycles. The summed E-state index contributed by atoms with van der Waals surface area (Å²) in [5, 5.41) is 2.93. The summed E-state index contributed by atoms with van der Waals surface area (Å²) in [6.45, 7) is 2.05. The van der Waals surface area contributed by atoms with Crippen LogP contribution in [0.25, 0.3) is 0 Å². The summed E-state index contributed by atoms with van der Waals surface area (Å²) in [7, 11) is 1.88. The number of carbonyl (C=O) groups is 1. The minimum atomic E-state index is 0.00532. The molecule has 1 heterocycles. The van der Waals surface area contributed by atoms with Gasteiger partial charge in [0.25, 0.3) is 0 Å². The molecule has 1 N–H and O–H groups in total. The highest BCUT2D eigenvalue weighted by atomic mass is 16.2. The second-order valence-corrected chi connectivity index (χ2v) is 4.57. The Morgan fingerprint density at radius 2 is 2.13 bits per heavy atom. The van der Waals surface area contributed by atoms with Gasteiger partial charge in [0, 0.05) is 18.3 Å². The topological polar surface area (TPSA) is 32.3 Å². The number of rotatable bonds is 0. The summed E-state index contributed by atoms with van der Waals surface area (Å²) < 4.78 is 0. The third kappa shape index (κ3) is 1.03. The molecule has 15 heavy (non-hydrogen) atoms. The molecule has 0 radical (unpaired) electrons. The van der Waals surface area contributed by atoms with Crippen LogP contribution in [0.15, 0.2) is 18.2 Å². The lowest BCUT2D eigenvalue weighted by atomic mass is 9.97. The lowest BCUT2D eigenvalue weighted by Crippen LogP contribution is -2.44. The Hall–Kier alpha value is -1.51. The van der Waals surface area contributed by atoms with Crippen molar-refractivity contribution in [3.05, 3.63) is 29.3 Å². The number of carbonyl (C=O) groups excluding carboxylic acids is 1. The van der Waals surface area contributed by atoms with Gasteiger partial charge in [0.2, 0.25) is 0 Å². The maximum atomic E-state index is 11.7.